The van der Waals surface area contributed by atoms with Crippen molar-refractivity contribution in [2.45, 2.75) is 62.9 Å². The van der Waals surface area contributed by atoms with E-state index < -0.39 is 5.41 Å². The van der Waals surface area contributed by atoms with E-state index in [1.165, 1.54) is 28.2 Å². The van der Waals surface area contributed by atoms with E-state index in [1.54, 1.807) is 29.7 Å². The molecule has 2 aliphatic carbocycles. The van der Waals surface area contributed by atoms with E-state index in [0.717, 1.165) is 37.1 Å². The van der Waals surface area contributed by atoms with E-state index in [0.29, 0.717) is 29.1 Å². The number of H-pyrrole nitrogens is 1. The number of rotatable bonds is 8. The van der Waals surface area contributed by atoms with Crippen molar-refractivity contribution in [3.05, 3.63) is 61.4 Å². The number of nitrogens with zero attached hydrogens (tertiary/aromatic N) is 5. The van der Waals surface area contributed by atoms with Gasteiger partial charge in [0, 0.05) is 41.6 Å². The van der Waals surface area contributed by atoms with Gasteiger partial charge < -0.3 is 15.5 Å². The van der Waals surface area contributed by atoms with Crippen LogP contribution in [0.2, 0.25) is 0 Å². The Morgan fingerprint density at radius 3 is 2.89 bits per heavy atom. The van der Waals surface area contributed by atoms with Gasteiger partial charge in [-0.25, -0.2) is 0 Å². The standard InChI is InChI=1S/C27H32N8OS2/c1-16(30-14-17(2)35-15-26(7-8-26)12-18(35)13-28)11-27(25-31-33-34-32-25)19-6-9-37-21(19)4-5-22-20(27)10-23(38-22)24(36)29-3/h6,9-10,16,18,30H,2,4-5,7-8,11-12,14-15H2,1,3H3,(H,29,36)(H,31,32,33,34)/t16-,18?,27?/m1/s1. The Bertz CT molecular complexity index is 1400. The van der Waals surface area contributed by atoms with E-state index in [9.17, 15) is 10.1 Å². The molecule has 3 N–H and O–H groups in total. The zero-order chi connectivity index (χ0) is 26.5. The number of hydrogen-bond acceptors (Lipinski definition) is 9. The van der Waals surface area contributed by atoms with Gasteiger partial charge in [0.1, 0.15) is 6.04 Å². The van der Waals surface area contributed by atoms with Gasteiger partial charge in [-0.3, -0.25) is 4.79 Å². The Hall–Kier alpha value is -3.07. The van der Waals surface area contributed by atoms with Crippen molar-refractivity contribution in [1.82, 2.24) is 36.2 Å². The van der Waals surface area contributed by atoms with Gasteiger partial charge in [0.15, 0.2) is 5.82 Å². The molecule has 1 saturated heterocycles. The number of hydrogen-bond donors (Lipinski definition) is 3. The van der Waals surface area contributed by atoms with Gasteiger partial charge in [-0.2, -0.15) is 10.5 Å². The maximum Gasteiger partial charge on any atom is 0.261 e. The number of amides is 1. The third-order valence-electron chi connectivity index (χ3n) is 8.52. The zero-order valence-corrected chi connectivity index (χ0v) is 23.3. The number of tetrazole rings is 1. The van der Waals surface area contributed by atoms with Gasteiger partial charge in [0.25, 0.3) is 5.91 Å². The molecule has 38 heavy (non-hydrogen) atoms. The Labute approximate surface area is 230 Å². The lowest BCUT2D eigenvalue weighted by atomic mass is 9.70. The number of fused-ring (bicyclic) bond motifs is 2. The van der Waals surface area contributed by atoms with Crippen molar-refractivity contribution in [2.75, 3.05) is 20.1 Å². The molecule has 2 fully saturated rings. The molecule has 1 spiro atoms. The molecule has 1 saturated carbocycles. The van der Waals surface area contributed by atoms with Crippen molar-refractivity contribution >= 4 is 28.6 Å². The number of aromatic nitrogens is 4. The highest BCUT2D eigenvalue weighted by Crippen LogP contribution is 2.55. The van der Waals surface area contributed by atoms with Gasteiger partial charge in [-0.05, 0) is 79.5 Å². The predicted molar refractivity (Wildman–Crippen MR) is 147 cm³/mol. The molecule has 1 aliphatic heterocycles. The molecule has 198 valence electrons. The first-order valence-electron chi connectivity index (χ1n) is 13.1. The topological polar surface area (TPSA) is 123 Å². The van der Waals surface area contributed by atoms with Crippen molar-refractivity contribution in [1.29, 1.82) is 5.26 Å². The van der Waals surface area contributed by atoms with Crippen LogP contribution in [0.1, 0.15) is 69.0 Å². The monoisotopic (exact) mass is 548 g/mol. The van der Waals surface area contributed by atoms with E-state index in [4.69, 9.17) is 0 Å². The molecule has 3 aromatic rings. The second kappa shape index (κ2) is 9.59. The number of thiophene rings is 2. The maximum atomic E-state index is 12.6. The molecule has 0 bridgehead atoms. The van der Waals surface area contributed by atoms with Crippen LogP contribution in [-0.4, -0.2) is 63.7 Å². The minimum Gasteiger partial charge on any atom is -0.358 e. The van der Waals surface area contributed by atoms with Crippen molar-refractivity contribution < 1.29 is 4.79 Å². The first-order valence-corrected chi connectivity index (χ1v) is 14.8. The van der Waals surface area contributed by atoms with Crippen LogP contribution in [0.25, 0.3) is 0 Å². The third-order valence-corrected chi connectivity index (χ3v) is 10.7. The molecular weight excluding hydrogens is 516 g/mol. The molecule has 0 aromatic carbocycles. The van der Waals surface area contributed by atoms with Crippen molar-refractivity contribution in [2.24, 2.45) is 5.41 Å². The predicted octanol–water partition coefficient (Wildman–Crippen LogP) is 3.38. The highest BCUT2D eigenvalue weighted by atomic mass is 32.1. The molecule has 0 radical (unpaired) electrons. The first-order chi connectivity index (χ1) is 18.4. The fourth-order valence-corrected chi connectivity index (χ4v) is 8.50. The summed E-state index contributed by atoms with van der Waals surface area (Å²) < 4.78 is 0. The summed E-state index contributed by atoms with van der Waals surface area (Å²) in [5, 5.41) is 34.0. The van der Waals surface area contributed by atoms with Crippen LogP contribution in [0.4, 0.5) is 0 Å². The lowest BCUT2D eigenvalue weighted by Crippen LogP contribution is -2.41. The summed E-state index contributed by atoms with van der Waals surface area (Å²) in [6, 6.07) is 6.69. The smallest absolute Gasteiger partial charge is 0.261 e. The second-order valence-electron chi connectivity index (χ2n) is 11.0. The lowest BCUT2D eigenvalue weighted by Gasteiger charge is -2.34. The van der Waals surface area contributed by atoms with Crippen molar-refractivity contribution in [3.8, 4) is 6.07 Å². The molecule has 3 aliphatic rings. The van der Waals surface area contributed by atoms with E-state index in [2.05, 4.69) is 67.2 Å². The molecule has 11 heteroatoms. The van der Waals surface area contributed by atoms with Crippen LogP contribution in [0.15, 0.2) is 29.8 Å². The van der Waals surface area contributed by atoms with Crippen LogP contribution in [0, 0.1) is 16.7 Å². The summed E-state index contributed by atoms with van der Waals surface area (Å²) in [7, 11) is 1.66. The van der Waals surface area contributed by atoms with Crippen LogP contribution < -0.4 is 10.6 Å². The molecule has 1 amide bonds. The van der Waals surface area contributed by atoms with E-state index >= 15 is 0 Å². The SMILES string of the molecule is C=C(CN[C@H](C)CC1(c2nn[nH]n2)c2ccsc2CCc2sc(C(=O)NC)cc21)N1CC2(CC2)CC1C#N. The fourth-order valence-electron chi connectivity index (χ4n) is 6.36. The van der Waals surface area contributed by atoms with Crippen LogP contribution >= 0.6 is 22.7 Å². The molecule has 2 unspecified atom stereocenters. The zero-order valence-electron chi connectivity index (χ0n) is 21.7. The number of carbonyl (C=O) groups excluding carboxylic acids is 1. The Morgan fingerprint density at radius 2 is 2.18 bits per heavy atom. The third kappa shape index (κ3) is 4.15. The highest BCUT2D eigenvalue weighted by Gasteiger charge is 2.52. The average Bonchev–Trinajstić information content (AvgIpc) is 3.43. The molecular formula is C27H32N8OS2. The highest BCUT2D eigenvalue weighted by molar-refractivity contribution is 7.14. The molecule has 3 aromatic heterocycles. The fraction of sp³-hybridized carbons (Fsp3) is 0.519. The Morgan fingerprint density at radius 1 is 1.37 bits per heavy atom. The quantitative estimate of drug-likeness (QED) is 0.394. The number of carbonyl (C=O) groups is 1. The van der Waals surface area contributed by atoms with Gasteiger partial charge in [-0.15, -0.1) is 32.9 Å². The summed E-state index contributed by atoms with van der Waals surface area (Å²) in [4.78, 5) is 18.1. The van der Waals surface area contributed by atoms with E-state index in [1.807, 2.05) is 6.07 Å². The minimum absolute atomic E-state index is 0.0605. The normalized spacial score (nSPS) is 23.8. The number of aryl methyl sites for hydroxylation is 2. The van der Waals surface area contributed by atoms with E-state index in [-0.39, 0.29) is 18.0 Å². The summed E-state index contributed by atoms with van der Waals surface area (Å²) >= 11 is 3.33. The van der Waals surface area contributed by atoms with Gasteiger partial charge in [0.2, 0.25) is 0 Å². The Kier molecular flexibility index (Phi) is 6.37. The first kappa shape index (κ1) is 25.2. The summed E-state index contributed by atoms with van der Waals surface area (Å²) in [5.74, 6) is 0.540. The van der Waals surface area contributed by atoms with Crippen LogP contribution in [-0.2, 0) is 18.3 Å². The summed E-state index contributed by atoms with van der Waals surface area (Å²) in [6.07, 6.45) is 5.86. The summed E-state index contributed by atoms with van der Waals surface area (Å²) in [6.45, 7) is 8.07. The van der Waals surface area contributed by atoms with Gasteiger partial charge in [0.05, 0.1) is 16.4 Å². The molecule has 4 heterocycles. The maximum absolute atomic E-state index is 12.6. The van der Waals surface area contributed by atoms with Gasteiger partial charge >= 0.3 is 0 Å². The van der Waals surface area contributed by atoms with Crippen molar-refractivity contribution in [3.63, 3.8) is 0 Å². The number of nitrogens with one attached hydrogen (secondary N) is 3. The molecule has 6 rings (SSSR count). The number of aromatic amines is 1. The van der Waals surface area contributed by atoms with Gasteiger partial charge in [-0.1, -0.05) is 11.8 Å². The lowest BCUT2D eigenvalue weighted by molar-refractivity contribution is 0.0967. The number of nitriles is 1. The average molecular weight is 549 g/mol. The Balaban J connectivity index is 1.32. The number of likely N-dealkylation sites (tertiary alicyclic amines) is 1. The molecule has 3 atom stereocenters. The summed E-state index contributed by atoms with van der Waals surface area (Å²) in [5.41, 5.74) is 2.94. The largest absolute Gasteiger partial charge is 0.358 e. The minimum atomic E-state index is -0.647. The molecule has 9 nitrogen and oxygen atoms in total. The van der Waals surface area contributed by atoms with Crippen LogP contribution in [0.3, 0.4) is 0 Å². The van der Waals surface area contributed by atoms with Crippen LogP contribution in [0.5, 0.6) is 0 Å². The second-order valence-corrected chi connectivity index (χ2v) is 13.1.